The molecule has 0 unspecified atom stereocenters. The molecular formula is C25H32N4O4. The first-order valence-corrected chi connectivity index (χ1v) is 11.4. The number of hydrogen-bond donors (Lipinski definition) is 1. The monoisotopic (exact) mass is 452 g/mol. The summed E-state index contributed by atoms with van der Waals surface area (Å²) in [6.45, 7) is 6.64. The van der Waals surface area contributed by atoms with Gasteiger partial charge in [-0.25, -0.2) is 9.97 Å². The molecule has 176 valence electrons. The van der Waals surface area contributed by atoms with E-state index in [1.165, 1.54) is 0 Å². The van der Waals surface area contributed by atoms with E-state index >= 15 is 0 Å². The largest absolute Gasteiger partial charge is 0.496 e. The number of benzene rings is 1. The normalized spacial score (nSPS) is 10.9. The average molecular weight is 453 g/mol. The molecule has 3 aromatic rings. The number of aromatic nitrogens is 3. The zero-order valence-corrected chi connectivity index (χ0v) is 19.8. The van der Waals surface area contributed by atoms with Crippen LogP contribution in [0.25, 0.3) is 11.2 Å². The van der Waals surface area contributed by atoms with Gasteiger partial charge in [-0.15, -0.1) is 0 Å². The Morgan fingerprint density at radius 1 is 1.12 bits per heavy atom. The number of aryl methyl sites for hydroxylation is 2. The van der Waals surface area contributed by atoms with Crippen molar-refractivity contribution in [1.29, 1.82) is 0 Å². The number of nitrogens with one attached hydrogen (secondary N) is 1. The summed E-state index contributed by atoms with van der Waals surface area (Å²) in [6.07, 6.45) is 3.02. The van der Waals surface area contributed by atoms with E-state index in [-0.39, 0.29) is 24.7 Å². The van der Waals surface area contributed by atoms with Crippen molar-refractivity contribution in [2.24, 2.45) is 0 Å². The molecule has 0 radical (unpaired) electrons. The fourth-order valence-electron chi connectivity index (χ4n) is 3.67. The van der Waals surface area contributed by atoms with E-state index in [4.69, 9.17) is 19.4 Å². The topological polar surface area (TPSA) is 95.3 Å². The van der Waals surface area contributed by atoms with Gasteiger partial charge in [0.2, 0.25) is 5.91 Å². The standard InChI is InChI=1S/C25H32N4O4/c1-5-7-12-22-27-20-15-19(28-23(30)13-14-24(31)33-6-2)17(3)26-25(20)29(22)16-18-10-8-9-11-21(18)32-4/h8-11,15H,5-7,12-14,16H2,1-4H3,(H,28,30). The molecule has 8 heteroatoms. The van der Waals surface area contributed by atoms with Crippen LogP contribution >= 0.6 is 0 Å². The van der Waals surface area contributed by atoms with E-state index in [0.717, 1.165) is 47.6 Å². The van der Waals surface area contributed by atoms with Gasteiger partial charge >= 0.3 is 5.97 Å². The number of imidazole rings is 1. The number of carbonyl (C=O) groups is 2. The lowest BCUT2D eigenvalue weighted by molar-refractivity contribution is -0.144. The van der Waals surface area contributed by atoms with Gasteiger partial charge in [-0.2, -0.15) is 0 Å². The number of ether oxygens (including phenoxy) is 2. The highest BCUT2D eigenvalue weighted by molar-refractivity contribution is 5.94. The molecule has 33 heavy (non-hydrogen) atoms. The molecule has 1 aromatic carbocycles. The number of esters is 1. The fraction of sp³-hybridized carbons (Fsp3) is 0.440. The van der Waals surface area contributed by atoms with Gasteiger partial charge in [0, 0.05) is 18.4 Å². The number of pyridine rings is 1. The summed E-state index contributed by atoms with van der Waals surface area (Å²) in [5.74, 6) is 1.14. The molecule has 0 atom stereocenters. The molecule has 3 rings (SSSR count). The molecular weight excluding hydrogens is 420 g/mol. The average Bonchev–Trinajstić information content (AvgIpc) is 3.13. The molecule has 0 fully saturated rings. The van der Waals surface area contributed by atoms with Crippen molar-refractivity contribution in [2.75, 3.05) is 19.0 Å². The number of methoxy groups -OCH3 is 1. The molecule has 0 saturated heterocycles. The van der Waals surface area contributed by atoms with Crippen molar-refractivity contribution in [3.63, 3.8) is 0 Å². The van der Waals surface area contributed by atoms with Crippen LogP contribution < -0.4 is 10.1 Å². The van der Waals surface area contributed by atoms with Crippen molar-refractivity contribution in [3.8, 4) is 5.75 Å². The van der Waals surface area contributed by atoms with Crippen molar-refractivity contribution in [1.82, 2.24) is 14.5 Å². The number of unbranched alkanes of at least 4 members (excludes halogenated alkanes) is 1. The minimum atomic E-state index is -0.381. The van der Waals surface area contributed by atoms with Crippen molar-refractivity contribution in [3.05, 3.63) is 47.4 Å². The maximum atomic E-state index is 12.3. The lowest BCUT2D eigenvalue weighted by Crippen LogP contribution is -2.15. The summed E-state index contributed by atoms with van der Waals surface area (Å²) in [5.41, 5.74) is 3.83. The highest BCUT2D eigenvalue weighted by Gasteiger charge is 2.17. The van der Waals surface area contributed by atoms with Crippen LogP contribution in [0.5, 0.6) is 5.75 Å². The molecule has 0 spiro atoms. The minimum Gasteiger partial charge on any atom is -0.496 e. The highest BCUT2D eigenvalue weighted by Crippen LogP contribution is 2.26. The minimum absolute atomic E-state index is 0.0447. The predicted molar refractivity (Wildman–Crippen MR) is 127 cm³/mol. The second-order valence-electron chi connectivity index (χ2n) is 7.85. The zero-order chi connectivity index (χ0) is 23.8. The van der Waals surface area contributed by atoms with Crippen LogP contribution in [-0.2, 0) is 27.3 Å². The lowest BCUT2D eigenvalue weighted by Gasteiger charge is -2.13. The predicted octanol–water partition coefficient (Wildman–Crippen LogP) is 4.42. The molecule has 1 amide bonds. The maximum absolute atomic E-state index is 12.3. The Bertz CT molecular complexity index is 1120. The molecule has 1 N–H and O–H groups in total. The Hall–Kier alpha value is -3.42. The van der Waals surface area contributed by atoms with Crippen LogP contribution in [0.4, 0.5) is 5.69 Å². The first-order valence-electron chi connectivity index (χ1n) is 11.4. The van der Waals surface area contributed by atoms with Gasteiger partial charge in [-0.3, -0.25) is 9.59 Å². The van der Waals surface area contributed by atoms with E-state index < -0.39 is 0 Å². The fourth-order valence-corrected chi connectivity index (χ4v) is 3.67. The number of rotatable bonds is 11. The van der Waals surface area contributed by atoms with Gasteiger partial charge in [-0.1, -0.05) is 31.5 Å². The van der Waals surface area contributed by atoms with Crippen molar-refractivity contribution in [2.45, 2.75) is 59.4 Å². The molecule has 0 aliphatic rings. The second kappa shape index (κ2) is 11.4. The summed E-state index contributed by atoms with van der Waals surface area (Å²) in [4.78, 5) is 33.5. The summed E-state index contributed by atoms with van der Waals surface area (Å²) in [7, 11) is 1.67. The first kappa shape index (κ1) is 24.2. The highest BCUT2D eigenvalue weighted by atomic mass is 16.5. The van der Waals surface area contributed by atoms with Crippen LogP contribution in [0, 0.1) is 6.92 Å². The smallest absolute Gasteiger partial charge is 0.306 e. The summed E-state index contributed by atoms with van der Waals surface area (Å²) in [6, 6.07) is 9.78. The summed E-state index contributed by atoms with van der Waals surface area (Å²) in [5, 5.41) is 2.86. The number of hydrogen-bond acceptors (Lipinski definition) is 6. The SMILES string of the molecule is CCCCc1nc2cc(NC(=O)CCC(=O)OCC)c(C)nc2n1Cc1ccccc1OC. The second-order valence-corrected chi connectivity index (χ2v) is 7.85. The van der Waals surface area contributed by atoms with Gasteiger partial charge in [0.1, 0.15) is 17.1 Å². The van der Waals surface area contributed by atoms with Gasteiger partial charge in [0.25, 0.3) is 0 Å². The van der Waals surface area contributed by atoms with Crippen LogP contribution in [-0.4, -0.2) is 40.1 Å². The van der Waals surface area contributed by atoms with Gasteiger partial charge in [-0.05, 0) is 32.4 Å². The van der Waals surface area contributed by atoms with Crippen molar-refractivity contribution >= 4 is 28.7 Å². The third-order valence-corrected chi connectivity index (χ3v) is 5.40. The first-order chi connectivity index (χ1) is 16.0. The lowest BCUT2D eigenvalue weighted by atomic mass is 10.2. The maximum Gasteiger partial charge on any atom is 0.306 e. The van der Waals surface area contributed by atoms with E-state index in [0.29, 0.717) is 24.5 Å². The molecule has 0 aliphatic heterocycles. The molecule has 2 heterocycles. The number of fused-ring (bicyclic) bond motifs is 1. The van der Waals surface area contributed by atoms with E-state index in [1.807, 2.05) is 37.3 Å². The van der Waals surface area contributed by atoms with E-state index in [1.54, 1.807) is 14.0 Å². The number of anilines is 1. The number of carbonyl (C=O) groups excluding carboxylic acids is 2. The summed E-state index contributed by atoms with van der Waals surface area (Å²) >= 11 is 0. The Morgan fingerprint density at radius 3 is 2.64 bits per heavy atom. The van der Waals surface area contributed by atoms with E-state index in [9.17, 15) is 9.59 Å². The van der Waals surface area contributed by atoms with Gasteiger partial charge in [0.05, 0.1) is 38.1 Å². The molecule has 0 bridgehead atoms. The number of para-hydroxylation sites is 1. The van der Waals surface area contributed by atoms with Crippen LogP contribution in [0.15, 0.2) is 30.3 Å². The zero-order valence-electron chi connectivity index (χ0n) is 19.8. The number of nitrogens with zero attached hydrogens (tertiary/aromatic N) is 3. The van der Waals surface area contributed by atoms with Crippen LogP contribution in [0.1, 0.15) is 56.6 Å². The molecule has 0 aliphatic carbocycles. The molecule has 2 aromatic heterocycles. The third-order valence-electron chi connectivity index (χ3n) is 5.40. The van der Waals surface area contributed by atoms with E-state index in [2.05, 4.69) is 16.8 Å². The molecule has 8 nitrogen and oxygen atoms in total. The third kappa shape index (κ3) is 6.09. The molecule has 0 saturated carbocycles. The number of amides is 1. The van der Waals surface area contributed by atoms with Gasteiger partial charge in [0.15, 0.2) is 5.65 Å². The Labute approximate surface area is 194 Å². The van der Waals surface area contributed by atoms with Crippen molar-refractivity contribution < 1.29 is 19.1 Å². The van der Waals surface area contributed by atoms with Crippen LogP contribution in [0.3, 0.4) is 0 Å². The Balaban J connectivity index is 1.89. The summed E-state index contributed by atoms with van der Waals surface area (Å²) < 4.78 is 12.5. The quantitative estimate of drug-likeness (QED) is 0.433. The Morgan fingerprint density at radius 2 is 1.91 bits per heavy atom. The Kier molecular flexibility index (Phi) is 8.40. The van der Waals surface area contributed by atoms with Gasteiger partial charge < -0.3 is 19.4 Å². The van der Waals surface area contributed by atoms with Crippen LogP contribution in [0.2, 0.25) is 0 Å².